The van der Waals surface area contributed by atoms with Gasteiger partial charge in [-0.05, 0) is 35.7 Å². The molecular formula is C19H20BNO9. The van der Waals surface area contributed by atoms with Gasteiger partial charge >= 0.3 is 19.1 Å². The lowest BCUT2D eigenvalue weighted by atomic mass is 9.75. The summed E-state index contributed by atoms with van der Waals surface area (Å²) in [5.41, 5.74) is 0.276. The van der Waals surface area contributed by atoms with Gasteiger partial charge in [-0.15, -0.1) is 0 Å². The van der Waals surface area contributed by atoms with E-state index in [9.17, 15) is 29.5 Å². The van der Waals surface area contributed by atoms with Crippen molar-refractivity contribution in [2.75, 3.05) is 6.61 Å². The molecule has 0 radical (unpaired) electrons. The summed E-state index contributed by atoms with van der Waals surface area (Å²) in [5.74, 6) is -4.53. The Morgan fingerprint density at radius 3 is 2.40 bits per heavy atom. The van der Waals surface area contributed by atoms with Crippen LogP contribution in [0.15, 0.2) is 42.5 Å². The number of carboxylic acids is 2. The number of carbonyl (C=O) groups is 3. The Balaban J connectivity index is 2.06. The Bertz CT molecular complexity index is 932. The molecule has 2 rings (SSSR count). The molecule has 6 N–H and O–H groups in total. The zero-order valence-corrected chi connectivity index (χ0v) is 15.7. The minimum Gasteiger partial charge on any atom is -0.507 e. The predicted octanol–water partition coefficient (Wildman–Crippen LogP) is -0.164. The lowest BCUT2D eigenvalue weighted by Gasteiger charge is -2.19. The van der Waals surface area contributed by atoms with Crippen LogP contribution < -0.4 is 10.1 Å². The molecule has 30 heavy (non-hydrogen) atoms. The van der Waals surface area contributed by atoms with Crippen molar-refractivity contribution in [2.45, 2.75) is 18.8 Å². The van der Waals surface area contributed by atoms with Crippen LogP contribution in [-0.2, 0) is 22.4 Å². The van der Waals surface area contributed by atoms with E-state index in [1.807, 2.05) is 0 Å². The number of aromatic hydroxyl groups is 1. The van der Waals surface area contributed by atoms with Gasteiger partial charge in [0, 0.05) is 0 Å². The van der Waals surface area contributed by atoms with Crippen LogP contribution in [-0.4, -0.2) is 62.9 Å². The van der Waals surface area contributed by atoms with Crippen LogP contribution in [0.5, 0.6) is 11.5 Å². The van der Waals surface area contributed by atoms with E-state index in [2.05, 4.69) is 5.32 Å². The number of aliphatic carboxylic acids is 1. The van der Waals surface area contributed by atoms with Crippen molar-refractivity contribution in [3.8, 4) is 11.5 Å². The van der Waals surface area contributed by atoms with Gasteiger partial charge in [-0.3, -0.25) is 4.79 Å². The number of nitrogens with one attached hydrogen (secondary N) is 1. The molecule has 1 amide bonds. The van der Waals surface area contributed by atoms with E-state index >= 15 is 0 Å². The van der Waals surface area contributed by atoms with Gasteiger partial charge in [-0.25, -0.2) is 9.59 Å². The zero-order valence-electron chi connectivity index (χ0n) is 15.7. The van der Waals surface area contributed by atoms with Gasteiger partial charge < -0.3 is 35.4 Å². The van der Waals surface area contributed by atoms with E-state index in [-0.39, 0.29) is 29.7 Å². The number of hydrogen-bond donors (Lipinski definition) is 6. The van der Waals surface area contributed by atoms with Crippen molar-refractivity contribution in [3.05, 3.63) is 59.2 Å². The van der Waals surface area contributed by atoms with Crippen LogP contribution in [0.2, 0.25) is 0 Å². The lowest BCUT2D eigenvalue weighted by Crippen LogP contribution is -2.48. The maximum absolute atomic E-state index is 12.3. The van der Waals surface area contributed by atoms with Gasteiger partial charge in [-0.2, -0.15) is 0 Å². The molecule has 1 atom stereocenters. The molecule has 10 nitrogen and oxygen atoms in total. The average Bonchev–Trinajstić information content (AvgIpc) is 2.67. The molecule has 0 bridgehead atoms. The maximum Gasteiger partial charge on any atom is 0.475 e. The molecule has 0 heterocycles. The second-order valence-corrected chi connectivity index (χ2v) is 6.42. The number of amides is 1. The molecule has 0 saturated carbocycles. The van der Waals surface area contributed by atoms with Crippen LogP contribution in [0, 0.1) is 0 Å². The molecule has 158 valence electrons. The summed E-state index contributed by atoms with van der Waals surface area (Å²) in [4.78, 5) is 34.0. The summed E-state index contributed by atoms with van der Waals surface area (Å²) in [5, 5.41) is 49.4. The Hall–Kier alpha value is -3.57. The first kappa shape index (κ1) is 22.7. The highest BCUT2D eigenvalue weighted by Crippen LogP contribution is 2.24. The SMILES string of the molecule is O=C(O)COc1cccc(CC(=O)NC(Cc2cccc(C(=O)O)c2O)B(O)O)c1. The first-order valence-corrected chi connectivity index (χ1v) is 8.80. The molecule has 2 aromatic rings. The minimum atomic E-state index is -1.97. The summed E-state index contributed by atoms with van der Waals surface area (Å²) in [6.45, 7) is -0.534. The number of phenols is 1. The molecule has 11 heteroatoms. The lowest BCUT2D eigenvalue weighted by molar-refractivity contribution is -0.139. The highest BCUT2D eigenvalue weighted by molar-refractivity contribution is 6.43. The first-order valence-electron chi connectivity index (χ1n) is 8.80. The van der Waals surface area contributed by atoms with E-state index in [0.29, 0.717) is 5.56 Å². The third-order valence-electron chi connectivity index (χ3n) is 4.12. The van der Waals surface area contributed by atoms with E-state index < -0.39 is 43.3 Å². The van der Waals surface area contributed by atoms with Crippen LogP contribution in [0.4, 0.5) is 0 Å². The predicted molar refractivity (Wildman–Crippen MR) is 104 cm³/mol. The quantitative estimate of drug-likeness (QED) is 0.287. The Morgan fingerprint density at radius 1 is 1.07 bits per heavy atom. The molecule has 0 spiro atoms. The van der Waals surface area contributed by atoms with E-state index in [4.69, 9.17) is 14.9 Å². The van der Waals surface area contributed by atoms with Gasteiger partial charge in [-0.1, -0.05) is 24.3 Å². The smallest absolute Gasteiger partial charge is 0.475 e. The van der Waals surface area contributed by atoms with Crippen molar-refractivity contribution < 1.29 is 44.5 Å². The first-order chi connectivity index (χ1) is 14.2. The summed E-state index contributed by atoms with van der Waals surface area (Å²) in [7, 11) is -1.97. The van der Waals surface area contributed by atoms with Gasteiger partial charge in [0.1, 0.15) is 17.1 Å². The number of ether oxygens (including phenoxy) is 1. The van der Waals surface area contributed by atoms with Crippen molar-refractivity contribution >= 4 is 25.0 Å². The van der Waals surface area contributed by atoms with Crippen LogP contribution in [0.25, 0.3) is 0 Å². The van der Waals surface area contributed by atoms with Crippen molar-refractivity contribution in [3.63, 3.8) is 0 Å². The number of benzene rings is 2. The number of carbonyl (C=O) groups excluding carboxylic acids is 1. The molecule has 0 fully saturated rings. The zero-order chi connectivity index (χ0) is 22.3. The Morgan fingerprint density at radius 2 is 1.77 bits per heavy atom. The normalized spacial score (nSPS) is 11.4. The Kier molecular flexibility index (Phi) is 7.79. The largest absolute Gasteiger partial charge is 0.507 e. The summed E-state index contributed by atoms with van der Waals surface area (Å²) >= 11 is 0. The fourth-order valence-corrected chi connectivity index (χ4v) is 2.73. The molecule has 0 aliphatic heterocycles. The van der Waals surface area contributed by atoms with Crippen LogP contribution in [0.1, 0.15) is 21.5 Å². The van der Waals surface area contributed by atoms with Crippen LogP contribution in [0.3, 0.4) is 0 Å². The summed E-state index contributed by atoms with van der Waals surface area (Å²) in [6, 6.07) is 10.2. The topological polar surface area (TPSA) is 174 Å². The van der Waals surface area contributed by atoms with E-state index in [0.717, 1.165) is 0 Å². The fourth-order valence-electron chi connectivity index (χ4n) is 2.73. The molecule has 0 aromatic heterocycles. The Labute approximate surface area is 171 Å². The number of hydrogen-bond acceptors (Lipinski definition) is 7. The van der Waals surface area contributed by atoms with Gasteiger partial charge in [0.05, 0.1) is 12.4 Å². The van der Waals surface area contributed by atoms with E-state index in [1.54, 1.807) is 12.1 Å². The van der Waals surface area contributed by atoms with Gasteiger partial charge in [0.15, 0.2) is 6.61 Å². The molecule has 2 aromatic carbocycles. The number of aromatic carboxylic acids is 1. The maximum atomic E-state index is 12.3. The number of para-hydroxylation sites is 1. The molecular weight excluding hydrogens is 397 g/mol. The number of carboxylic acid groups (broad SMARTS) is 2. The van der Waals surface area contributed by atoms with E-state index in [1.165, 1.54) is 30.3 Å². The van der Waals surface area contributed by atoms with Crippen molar-refractivity contribution in [1.29, 1.82) is 0 Å². The molecule has 1 unspecified atom stereocenters. The highest BCUT2D eigenvalue weighted by atomic mass is 16.5. The number of rotatable bonds is 10. The highest BCUT2D eigenvalue weighted by Gasteiger charge is 2.27. The third-order valence-corrected chi connectivity index (χ3v) is 4.12. The average molecular weight is 417 g/mol. The fraction of sp³-hybridized carbons (Fsp3) is 0.211. The second kappa shape index (κ2) is 10.3. The van der Waals surface area contributed by atoms with Crippen LogP contribution >= 0.6 is 0 Å². The third kappa shape index (κ3) is 6.50. The minimum absolute atomic E-state index is 0.123. The molecule has 0 saturated heterocycles. The summed E-state index contributed by atoms with van der Waals surface area (Å²) < 4.78 is 5.04. The van der Waals surface area contributed by atoms with Crippen molar-refractivity contribution in [2.24, 2.45) is 0 Å². The summed E-state index contributed by atoms with van der Waals surface area (Å²) in [6.07, 6.45) is -0.382. The molecule has 0 aliphatic rings. The second-order valence-electron chi connectivity index (χ2n) is 6.42. The van der Waals surface area contributed by atoms with Crippen molar-refractivity contribution in [1.82, 2.24) is 5.32 Å². The van der Waals surface area contributed by atoms with Gasteiger partial charge in [0.2, 0.25) is 5.91 Å². The van der Waals surface area contributed by atoms with Gasteiger partial charge in [0.25, 0.3) is 0 Å². The molecule has 0 aliphatic carbocycles. The standard InChI is InChI=1S/C19H20BNO9/c22-16(8-11-3-1-5-13(7-11)30-10-17(23)24)21-15(20(28)29)9-12-4-2-6-14(18(12)25)19(26)27/h1-7,15,25,28-29H,8-10H2,(H,21,22)(H,23,24)(H,26,27). The monoisotopic (exact) mass is 417 g/mol.